The van der Waals surface area contributed by atoms with Crippen molar-refractivity contribution in [2.24, 2.45) is 17.6 Å². The number of nitrogens with one attached hydrogen (secondary N) is 1. The summed E-state index contributed by atoms with van der Waals surface area (Å²) in [5.74, 6) is 1.35. The van der Waals surface area contributed by atoms with E-state index in [4.69, 9.17) is 5.73 Å². The van der Waals surface area contributed by atoms with E-state index in [1.54, 1.807) is 0 Å². The Hall–Kier alpha value is -0.610. The summed E-state index contributed by atoms with van der Waals surface area (Å²) >= 11 is 0. The van der Waals surface area contributed by atoms with Crippen molar-refractivity contribution in [2.75, 3.05) is 26.2 Å². The molecule has 1 heterocycles. The van der Waals surface area contributed by atoms with Crippen molar-refractivity contribution in [1.82, 2.24) is 10.2 Å². The first-order chi connectivity index (χ1) is 8.39. The predicted molar refractivity (Wildman–Crippen MR) is 75.3 cm³/mol. The van der Waals surface area contributed by atoms with Crippen LogP contribution in [-0.4, -0.2) is 42.5 Å². The molecule has 1 saturated heterocycles. The third-order valence-corrected chi connectivity index (χ3v) is 4.23. The maximum atomic E-state index is 11.6. The topological polar surface area (TPSA) is 58.4 Å². The van der Waals surface area contributed by atoms with E-state index in [0.717, 1.165) is 38.0 Å². The molecular formula is C14H29N3O. The van der Waals surface area contributed by atoms with Crippen LogP contribution >= 0.6 is 0 Å². The molecule has 1 unspecified atom stereocenters. The van der Waals surface area contributed by atoms with Gasteiger partial charge in [-0.15, -0.1) is 0 Å². The van der Waals surface area contributed by atoms with Gasteiger partial charge in [0.25, 0.3) is 0 Å². The van der Waals surface area contributed by atoms with E-state index < -0.39 is 5.54 Å². The molecule has 0 aromatic rings. The molecule has 106 valence electrons. The summed E-state index contributed by atoms with van der Waals surface area (Å²) in [4.78, 5) is 14.0. The summed E-state index contributed by atoms with van der Waals surface area (Å²) in [7, 11) is 0. The van der Waals surface area contributed by atoms with Gasteiger partial charge in [0.1, 0.15) is 5.54 Å². The van der Waals surface area contributed by atoms with E-state index in [1.807, 2.05) is 13.8 Å². The minimum atomic E-state index is -0.598. The fraction of sp³-hybridized carbons (Fsp3) is 0.929. The van der Waals surface area contributed by atoms with Crippen LogP contribution in [0.1, 0.15) is 40.5 Å². The van der Waals surface area contributed by atoms with Crippen molar-refractivity contribution in [1.29, 1.82) is 0 Å². The van der Waals surface area contributed by atoms with Gasteiger partial charge in [-0.1, -0.05) is 20.8 Å². The van der Waals surface area contributed by atoms with E-state index in [2.05, 4.69) is 24.1 Å². The molecule has 1 fully saturated rings. The van der Waals surface area contributed by atoms with Gasteiger partial charge in [-0.05, 0) is 51.2 Å². The van der Waals surface area contributed by atoms with Crippen molar-refractivity contribution in [3.63, 3.8) is 0 Å². The standard InChI is InChI=1S/C14H29N3O/c1-5-16-14(4,13(15)18)10-17-8-6-12(7-9-17)11(2)3/h11-12,16H,5-10H2,1-4H3,(H2,15,18). The van der Waals surface area contributed by atoms with E-state index >= 15 is 0 Å². The molecular weight excluding hydrogens is 226 g/mol. The highest BCUT2D eigenvalue weighted by Crippen LogP contribution is 2.25. The van der Waals surface area contributed by atoms with E-state index in [9.17, 15) is 4.79 Å². The molecule has 0 aromatic heterocycles. The van der Waals surface area contributed by atoms with Gasteiger partial charge in [-0.25, -0.2) is 0 Å². The van der Waals surface area contributed by atoms with Crippen molar-refractivity contribution >= 4 is 5.91 Å². The van der Waals surface area contributed by atoms with Gasteiger partial charge in [0.2, 0.25) is 5.91 Å². The number of likely N-dealkylation sites (N-methyl/N-ethyl adjacent to an activating group) is 1. The summed E-state index contributed by atoms with van der Waals surface area (Å²) in [6.45, 7) is 12.2. The molecule has 1 atom stereocenters. The summed E-state index contributed by atoms with van der Waals surface area (Å²) < 4.78 is 0. The number of likely N-dealkylation sites (tertiary alicyclic amines) is 1. The van der Waals surface area contributed by atoms with Crippen LogP contribution in [-0.2, 0) is 4.79 Å². The molecule has 0 spiro atoms. The first kappa shape index (κ1) is 15.4. The molecule has 1 amide bonds. The lowest BCUT2D eigenvalue weighted by atomic mass is 9.86. The third-order valence-electron chi connectivity index (χ3n) is 4.23. The number of carbonyl (C=O) groups is 1. The highest BCUT2D eigenvalue weighted by Gasteiger charge is 2.33. The number of nitrogens with two attached hydrogens (primary N) is 1. The molecule has 1 aliphatic heterocycles. The largest absolute Gasteiger partial charge is 0.368 e. The van der Waals surface area contributed by atoms with E-state index in [1.165, 1.54) is 12.8 Å². The second kappa shape index (κ2) is 6.53. The summed E-state index contributed by atoms with van der Waals surface area (Å²) in [5.41, 5.74) is 4.92. The number of primary amides is 1. The summed E-state index contributed by atoms with van der Waals surface area (Å²) in [5, 5.41) is 3.22. The van der Waals surface area contributed by atoms with E-state index in [0.29, 0.717) is 0 Å². The zero-order chi connectivity index (χ0) is 13.8. The van der Waals surface area contributed by atoms with Crippen LogP contribution in [0.25, 0.3) is 0 Å². The maximum absolute atomic E-state index is 11.6. The van der Waals surface area contributed by atoms with E-state index in [-0.39, 0.29) is 5.91 Å². The second-order valence-corrected chi connectivity index (χ2v) is 6.08. The molecule has 4 nitrogen and oxygen atoms in total. The Kier molecular flexibility index (Phi) is 5.60. The lowest BCUT2D eigenvalue weighted by Crippen LogP contribution is -2.60. The highest BCUT2D eigenvalue weighted by molar-refractivity contribution is 5.84. The number of rotatable bonds is 6. The minimum Gasteiger partial charge on any atom is -0.368 e. The fourth-order valence-electron chi connectivity index (χ4n) is 2.84. The average molecular weight is 255 g/mol. The van der Waals surface area contributed by atoms with Gasteiger partial charge in [-0.3, -0.25) is 4.79 Å². The molecule has 0 bridgehead atoms. The van der Waals surface area contributed by atoms with Gasteiger partial charge in [0, 0.05) is 6.54 Å². The molecule has 0 aromatic carbocycles. The number of carbonyl (C=O) groups excluding carboxylic acids is 1. The molecule has 0 aliphatic carbocycles. The lowest BCUT2D eigenvalue weighted by molar-refractivity contribution is -0.124. The molecule has 4 heteroatoms. The van der Waals surface area contributed by atoms with Gasteiger partial charge in [0.15, 0.2) is 0 Å². The third kappa shape index (κ3) is 3.95. The fourth-order valence-corrected chi connectivity index (χ4v) is 2.84. The molecule has 3 N–H and O–H groups in total. The predicted octanol–water partition coefficient (Wildman–Crippen LogP) is 1.21. The Morgan fingerprint density at radius 1 is 1.44 bits per heavy atom. The number of hydrogen-bond acceptors (Lipinski definition) is 3. The molecule has 1 rings (SSSR count). The van der Waals surface area contributed by atoms with Gasteiger partial charge >= 0.3 is 0 Å². The van der Waals surface area contributed by atoms with Crippen molar-refractivity contribution in [3.8, 4) is 0 Å². The SMILES string of the molecule is CCNC(C)(CN1CCC(C(C)C)CC1)C(N)=O. The Morgan fingerprint density at radius 3 is 2.39 bits per heavy atom. The smallest absolute Gasteiger partial charge is 0.238 e. The summed E-state index contributed by atoms with van der Waals surface area (Å²) in [6, 6.07) is 0. The first-order valence-electron chi connectivity index (χ1n) is 7.16. The molecule has 1 aliphatic rings. The van der Waals surface area contributed by atoms with Crippen molar-refractivity contribution < 1.29 is 4.79 Å². The second-order valence-electron chi connectivity index (χ2n) is 6.08. The van der Waals surface area contributed by atoms with Gasteiger partial charge in [-0.2, -0.15) is 0 Å². The lowest BCUT2D eigenvalue weighted by Gasteiger charge is -2.38. The van der Waals surface area contributed by atoms with Crippen LogP contribution in [0.3, 0.4) is 0 Å². The van der Waals surface area contributed by atoms with Crippen molar-refractivity contribution in [2.45, 2.75) is 46.1 Å². The zero-order valence-corrected chi connectivity index (χ0v) is 12.3. The normalized spacial score (nSPS) is 22.1. The van der Waals surface area contributed by atoms with Gasteiger partial charge < -0.3 is 16.0 Å². The Labute approximate surface area is 111 Å². The minimum absolute atomic E-state index is 0.254. The average Bonchev–Trinajstić information content (AvgIpc) is 2.29. The first-order valence-corrected chi connectivity index (χ1v) is 7.16. The molecule has 18 heavy (non-hydrogen) atoms. The van der Waals surface area contributed by atoms with Crippen LogP contribution < -0.4 is 11.1 Å². The Bertz CT molecular complexity index is 272. The summed E-state index contributed by atoms with van der Waals surface area (Å²) in [6.07, 6.45) is 2.47. The van der Waals surface area contributed by atoms with Crippen LogP contribution in [0, 0.1) is 11.8 Å². The number of hydrogen-bond donors (Lipinski definition) is 2. The number of nitrogens with zero attached hydrogens (tertiary/aromatic N) is 1. The molecule has 0 radical (unpaired) electrons. The Morgan fingerprint density at radius 2 is 2.00 bits per heavy atom. The van der Waals surface area contributed by atoms with Gasteiger partial charge in [0.05, 0.1) is 0 Å². The zero-order valence-electron chi connectivity index (χ0n) is 12.3. The molecule has 0 saturated carbocycles. The number of amides is 1. The van der Waals surface area contributed by atoms with Crippen LogP contribution in [0.5, 0.6) is 0 Å². The Balaban J connectivity index is 2.50. The maximum Gasteiger partial charge on any atom is 0.238 e. The van der Waals surface area contributed by atoms with Crippen LogP contribution in [0.15, 0.2) is 0 Å². The monoisotopic (exact) mass is 255 g/mol. The van der Waals surface area contributed by atoms with Crippen LogP contribution in [0.4, 0.5) is 0 Å². The number of piperidine rings is 1. The quantitative estimate of drug-likeness (QED) is 0.750. The van der Waals surface area contributed by atoms with Crippen LogP contribution in [0.2, 0.25) is 0 Å². The van der Waals surface area contributed by atoms with Crippen molar-refractivity contribution in [3.05, 3.63) is 0 Å². The highest BCUT2D eigenvalue weighted by atomic mass is 16.1.